The largest absolute Gasteiger partial charge is 0.493 e. The zero-order valence-electron chi connectivity index (χ0n) is 21.6. The SMILES string of the molecule is C/C=C\n1c(C)nc(-c2ccc(C(=O)OCC)c(OCC)c2)c1C1CC=NC(N[C@@H]2CCCNC2)=N1. The van der Waals surface area contributed by atoms with E-state index in [0.717, 1.165) is 48.7 Å². The van der Waals surface area contributed by atoms with Crippen LogP contribution in [-0.4, -0.2) is 60.0 Å². The number of allylic oxidation sites excluding steroid dienone is 1. The van der Waals surface area contributed by atoms with Gasteiger partial charge in [-0.15, -0.1) is 0 Å². The Morgan fingerprint density at radius 1 is 1.31 bits per heavy atom. The molecule has 2 aliphatic rings. The van der Waals surface area contributed by atoms with Crippen molar-refractivity contribution in [1.29, 1.82) is 0 Å². The number of rotatable bonds is 8. The van der Waals surface area contributed by atoms with E-state index in [0.29, 0.717) is 42.9 Å². The van der Waals surface area contributed by atoms with Crippen molar-refractivity contribution in [2.45, 2.75) is 59.0 Å². The van der Waals surface area contributed by atoms with E-state index in [9.17, 15) is 4.79 Å². The molecule has 2 N–H and O–H groups in total. The summed E-state index contributed by atoms with van der Waals surface area (Å²) in [6, 6.07) is 5.68. The second kappa shape index (κ2) is 12.0. The van der Waals surface area contributed by atoms with Gasteiger partial charge in [0.15, 0.2) is 0 Å². The molecule has 1 aromatic heterocycles. The van der Waals surface area contributed by atoms with E-state index in [2.05, 4.69) is 20.2 Å². The minimum atomic E-state index is -0.399. The van der Waals surface area contributed by atoms with E-state index < -0.39 is 5.97 Å². The molecule has 9 heteroatoms. The number of guanidine groups is 1. The Morgan fingerprint density at radius 2 is 2.17 bits per heavy atom. The number of aliphatic imine (C=N–C) groups is 2. The van der Waals surface area contributed by atoms with Crippen LogP contribution < -0.4 is 15.4 Å². The minimum absolute atomic E-state index is 0.158. The number of hydrogen-bond acceptors (Lipinski definition) is 8. The first-order chi connectivity index (χ1) is 17.5. The maximum Gasteiger partial charge on any atom is 0.341 e. The second-order valence-electron chi connectivity index (χ2n) is 8.81. The van der Waals surface area contributed by atoms with Crippen molar-refractivity contribution in [3.8, 4) is 17.0 Å². The molecule has 2 atom stereocenters. The van der Waals surface area contributed by atoms with Crippen LogP contribution >= 0.6 is 0 Å². The molecule has 2 aliphatic heterocycles. The fourth-order valence-electron chi connectivity index (χ4n) is 4.63. The normalized spacial score (nSPS) is 19.8. The van der Waals surface area contributed by atoms with Gasteiger partial charge in [0.25, 0.3) is 0 Å². The standard InChI is InChI=1S/C27H36N6O3/c1-5-15-33-18(4)30-24(19-10-11-21(26(34)36-7-3)23(16-19)35-6-2)25(33)22-12-14-29-27(32-22)31-20-9-8-13-28-17-20/h5,10-11,14-16,20,22,28H,6-9,12-13,17H2,1-4H3,(H,31,32)/b15-5-/t20-,22?/m1/s1. The number of nitrogens with one attached hydrogen (secondary N) is 2. The van der Waals surface area contributed by atoms with Gasteiger partial charge in [0.2, 0.25) is 5.96 Å². The summed E-state index contributed by atoms with van der Waals surface area (Å²) in [5, 5.41) is 6.93. The maximum absolute atomic E-state index is 12.5. The number of aromatic nitrogens is 2. The monoisotopic (exact) mass is 492 g/mol. The van der Waals surface area contributed by atoms with Crippen molar-refractivity contribution >= 4 is 24.3 Å². The molecular weight excluding hydrogens is 456 g/mol. The zero-order chi connectivity index (χ0) is 25.5. The Labute approximate surface area is 212 Å². The molecule has 0 bridgehead atoms. The number of imidazole rings is 1. The summed E-state index contributed by atoms with van der Waals surface area (Å²) in [6.45, 7) is 10.4. The molecule has 4 rings (SSSR count). The van der Waals surface area contributed by atoms with Gasteiger partial charge in [0, 0.05) is 37.0 Å². The number of ether oxygens (including phenoxy) is 2. The summed E-state index contributed by atoms with van der Waals surface area (Å²) in [5.41, 5.74) is 3.05. The van der Waals surface area contributed by atoms with E-state index in [1.807, 2.05) is 51.4 Å². The molecule has 192 valence electrons. The van der Waals surface area contributed by atoms with Crippen LogP contribution in [0.4, 0.5) is 0 Å². The predicted octanol–water partition coefficient (Wildman–Crippen LogP) is 4.14. The molecule has 1 saturated heterocycles. The summed E-state index contributed by atoms with van der Waals surface area (Å²) in [6.07, 6.45) is 8.84. The third-order valence-corrected chi connectivity index (χ3v) is 6.24. The highest BCUT2D eigenvalue weighted by atomic mass is 16.5. The van der Waals surface area contributed by atoms with Gasteiger partial charge in [0.05, 0.1) is 24.6 Å². The Morgan fingerprint density at radius 3 is 2.89 bits per heavy atom. The number of esters is 1. The lowest BCUT2D eigenvalue weighted by molar-refractivity contribution is 0.0522. The van der Waals surface area contributed by atoms with Gasteiger partial charge >= 0.3 is 5.97 Å². The molecule has 36 heavy (non-hydrogen) atoms. The zero-order valence-corrected chi connectivity index (χ0v) is 21.6. The van der Waals surface area contributed by atoms with Gasteiger partial charge in [-0.25, -0.2) is 19.8 Å². The van der Waals surface area contributed by atoms with Gasteiger partial charge in [-0.3, -0.25) is 0 Å². The van der Waals surface area contributed by atoms with Crippen LogP contribution in [-0.2, 0) is 4.74 Å². The fourth-order valence-corrected chi connectivity index (χ4v) is 4.63. The van der Waals surface area contributed by atoms with Gasteiger partial charge in [-0.1, -0.05) is 12.1 Å². The first-order valence-corrected chi connectivity index (χ1v) is 12.8. The van der Waals surface area contributed by atoms with Crippen molar-refractivity contribution in [2.75, 3.05) is 26.3 Å². The minimum Gasteiger partial charge on any atom is -0.493 e. The van der Waals surface area contributed by atoms with Crippen LogP contribution in [0.15, 0.2) is 34.3 Å². The van der Waals surface area contributed by atoms with E-state index in [1.54, 1.807) is 13.0 Å². The number of aryl methyl sites for hydroxylation is 1. The number of carbonyl (C=O) groups is 1. The van der Waals surface area contributed by atoms with Crippen molar-refractivity contribution in [3.05, 3.63) is 41.4 Å². The summed E-state index contributed by atoms with van der Waals surface area (Å²) >= 11 is 0. The third-order valence-electron chi connectivity index (χ3n) is 6.24. The fraction of sp³-hybridized carbons (Fsp3) is 0.481. The highest BCUT2D eigenvalue weighted by molar-refractivity contribution is 5.94. The number of nitrogens with zero attached hydrogens (tertiary/aromatic N) is 4. The lowest BCUT2D eigenvalue weighted by atomic mass is 10.0. The average molecular weight is 493 g/mol. The van der Waals surface area contributed by atoms with Gasteiger partial charge < -0.3 is 24.7 Å². The smallest absolute Gasteiger partial charge is 0.341 e. The first-order valence-electron chi connectivity index (χ1n) is 12.8. The van der Waals surface area contributed by atoms with Crippen molar-refractivity contribution in [1.82, 2.24) is 20.2 Å². The molecule has 0 amide bonds. The van der Waals surface area contributed by atoms with E-state index >= 15 is 0 Å². The first kappa shape index (κ1) is 25.6. The van der Waals surface area contributed by atoms with Crippen LogP contribution in [0.2, 0.25) is 0 Å². The number of carbonyl (C=O) groups excluding carboxylic acids is 1. The number of benzene rings is 1. The molecule has 0 radical (unpaired) electrons. The van der Waals surface area contributed by atoms with E-state index in [1.165, 1.54) is 0 Å². The van der Waals surface area contributed by atoms with Crippen LogP contribution in [0, 0.1) is 6.92 Å². The highest BCUT2D eigenvalue weighted by Gasteiger charge is 2.27. The van der Waals surface area contributed by atoms with Crippen LogP contribution in [0.5, 0.6) is 5.75 Å². The summed E-state index contributed by atoms with van der Waals surface area (Å²) in [4.78, 5) is 26.9. The summed E-state index contributed by atoms with van der Waals surface area (Å²) < 4.78 is 13.1. The number of piperidine rings is 1. The van der Waals surface area contributed by atoms with E-state index in [4.69, 9.17) is 19.5 Å². The predicted molar refractivity (Wildman–Crippen MR) is 143 cm³/mol. The Kier molecular flexibility index (Phi) is 8.53. The summed E-state index contributed by atoms with van der Waals surface area (Å²) in [7, 11) is 0. The molecule has 0 spiro atoms. The topological polar surface area (TPSA) is 102 Å². The highest BCUT2D eigenvalue weighted by Crippen LogP contribution is 2.36. The Bertz CT molecular complexity index is 1160. The van der Waals surface area contributed by atoms with Crippen molar-refractivity contribution in [2.24, 2.45) is 9.98 Å². The van der Waals surface area contributed by atoms with Crippen molar-refractivity contribution in [3.63, 3.8) is 0 Å². The quantitative estimate of drug-likeness (QED) is 0.537. The number of hydrogen-bond donors (Lipinski definition) is 2. The molecule has 1 aromatic carbocycles. The van der Waals surface area contributed by atoms with Gasteiger partial charge in [0.1, 0.15) is 23.2 Å². The van der Waals surface area contributed by atoms with Crippen LogP contribution in [0.25, 0.3) is 17.5 Å². The second-order valence-corrected chi connectivity index (χ2v) is 8.81. The average Bonchev–Trinajstić information content (AvgIpc) is 3.21. The molecule has 0 saturated carbocycles. The molecule has 1 unspecified atom stereocenters. The molecular formula is C27H36N6O3. The van der Waals surface area contributed by atoms with Crippen LogP contribution in [0.1, 0.15) is 68.0 Å². The Balaban J connectivity index is 1.74. The van der Waals surface area contributed by atoms with Crippen molar-refractivity contribution < 1.29 is 14.3 Å². The lowest BCUT2D eigenvalue weighted by Gasteiger charge is -2.26. The summed E-state index contributed by atoms with van der Waals surface area (Å²) in [5.74, 6) is 1.60. The maximum atomic E-state index is 12.5. The molecule has 2 aromatic rings. The van der Waals surface area contributed by atoms with Crippen LogP contribution in [0.3, 0.4) is 0 Å². The van der Waals surface area contributed by atoms with Gasteiger partial charge in [-0.05, 0) is 59.2 Å². The molecule has 0 aliphatic carbocycles. The van der Waals surface area contributed by atoms with Gasteiger partial charge in [-0.2, -0.15) is 0 Å². The molecule has 9 nitrogen and oxygen atoms in total. The van der Waals surface area contributed by atoms with E-state index in [-0.39, 0.29) is 6.04 Å². The molecule has 3 heterocycles. The Hall–Kier alpha value is -3.46. The third kappa shape index (κ3) is 5.67. The lowest BCUT2D eigenvalue weighted by Crippen LogP contribution is -2.45. The molecule has 1 fully saturated rings.